The van der Waals surface area contributed by atoms with Crippen LogP contribution >= 0.6 is 15.9 Å². The van der Waals surface area contributed by atoms with E-state index in [9.17, 15) is 4.39 Å². The molecule has 0 unspecified atom stereocenters. The van der Waals surface area contributed by atoms with Crippen molar-refractivity contribution in [2.24, 2.45) is 4.99 Å². The highest BCUT2D eigenvalue weighted by Gasteiger charge is 2.11. The fraction of sp³-hybridized carbons (Fsp3) is 0.500. The van der Waals surface area contributed by atoms with E-state index in [-0.39, 0.29) is 11.1 Å². The van der Waals surface area contributed by atoms with Crippen LogP contribution in [-0.4, -0.2) is 31.3 Å². The van der Waals surface area contributed by atoms with Gasteiger partial charge in [-0.3, -0.25) is 4.99 Å². The van der Waals surface area contributed by atoms with Gasteiger partial charge in [0, 0.05) is 29.5 Å². The summed E-state index contributed by atoms with van der Waals surface area (Å²) < 4.78 is 25.6. The van der Waals surface area contributed by atoms with Crippen LogP contribution in [0, 0.1) is 17.7 Å². The molecule has 0 radical (unpaired) electrons. The Bertz CT molecular complexity index is 606. The molecule has 0 saturated carbocycles. The van der Waals surface area contributed by atoms with Gasteiger partial charge < -0.3 is 9.47 Å². The Morgan fingerprint density at radius 3 is 2.39 bits per heavy atom. The summed E-state index contributed by atoms with van der Waals surface area (Å²) in [7, 11) is 0. The first kappa shape index (κ1) is 19.8. The number of rotatable bonds is 5. The summed E-state index contributed by atoms with van der Waals surface area (Å²) in [5.41, 5.74) is 0.652. The van der Waals surface area contributed by atoms with E-state index in [1.54, 1.807) is 12.3 Å². The monoisotopic (exact) mass is 383 g/mol. The molecule has 0 heterocycles. The van der Waals surface area contributed by atoms with Gasteiger partial charge in [0.05, 0.1) is 11.1 Å². The van der Waals surface area contributed by atoms with Gasteiger partial charge in [-0.25, -0.2) is 4.39 Å². The number of ether oxygens (including phenoxy) is 2. The normalized spacial score (nSPS) is 11.8. The molecule has 0 saturated heterocycles. The Kier molecular flexibility index (Phi) is 7.90. The van der Waals surface area contributed by atoms with Gasteiger partial charge in [0.15, 0.2) is 0 Å². The minimum atomic E-state index is -0.666. The Morgan fingerprint density at radius 1 is 1.26 bits per heavy atom. The Morgan fingerprint density at radius 2 is 1.87 bits per heavy atom. The summed E-state index contributed by atoms with van der Waals surface area (Å²) in [5.74, 6) is 5.24. The first-order valence-corrected chi connectivity index (χ1v) is 8.35. The van der Waals surface area contributed by atoms with Crippen LogP contribution in [0.3, 0.4) is 0 Å². The lowest BCUT2D eigenvalue weighted by atomic mass is 10.1. The molecule has 3 nitrogen and oxygen atoms in total. The lowest BCUT2D eigenvalue weighted by molar-refractivity contribution is -0.0969. The van der Waals surface area contributed by atoms with E-state index < -0.39 is 12.1 Å². The molecule has 1 aromatic carbocycles. The fourth-order valence-electron chi connectivity index (χ4n) is 1.66. The topological polar surface area (TPSA) is 30.8 Å². The Hall–Kier alpha value is -1.22. The molecule has 23 heavy (non-hydrogen) atoms. The predicted octanol–water partition coefficient (Wildman–Crippen LogP) is 4.56. The number of hydrogen-bond acceptors (Lipinski definition) is 3. The summed E-state index contributed by atoms with van der Waals surface area (Å²) in [6, 6.07) is 3.17. The molecule has 0 amide bonds. The summed E-state index contributed by atoms with van der Waals surface area (Å²) >= 11 is 3.30. The van der Waals surface area contributed by atoms with Gasteiger partial charge in [-0.15, -0.1) is 0 Å². The van der Waals surface area contributed by atoms with Crippen molar-refractivity contribution in [3.63, 3.8) is 0 Å². The van der Waals surface area contributed by atoms with Crippen molar-refractivity contribution < 1.29 is 13.9 Å². The van der Waals surface area contributed by atoms with Crippen LogP contribution in [-0.2, 0) is 9.47 Å². The third-order valence-corrected chi connectivity index (χ3v) is 3.09. The van der Waals surface area contributed by atoms with Crippen molar-refractivity contribution in [3.05, 3.63) is 33.5 Å². The van der Waals surface area contributed by atoms with Crippen molar-refractivity contribution in [3.8, 4) is 11.8 Å². The summed E-state index contributed by atoms with van der Waals surface area (Å²) in [6.07, 6.45) is 0.981. The molecule has 1 rings (SSSR count). The first-order chi connectivity index (χ1) is 10.8. The number of benzene rings is 1. The molecule has 0 aliphatic rings. The van der Waals surface area contributed by atoms with Gasteiger partial charge in [0.25, 0.3) is 0 Å². The number of nitrogens with zero attached hydrogens (tertiary/aromatic N) is 1. The van der Waals surface area contributed by atoms with Crippen molar-refractivity contribution in [1.82, 2.24) is 0 Å². The van der Waals surface area contributed by atoms with Crippen molar-refractivity contribution in [2.75, 3.05) is 13.2 Å². The third kappa shape index (κ3) is 7.26. The molecule has 5 heteroatoms. The maximum atomic E-state index is 14.3. The zero-order chi connectivity index (χ0) is 17.5. The maximum Gasteiger partial charge on any atom is 0.222 e. The van der Waals surface area contributed by atoms with Crippen LogP contribution in [0.4, 0.5) is 4.39 Å². The van der Waals surface area contributed by atoms with E-state index in [2.05, 4.69) is 32.8 Å². The van der Waals surface area contributed by atoms with Gasteiger partial charge in [-0.2, -0.15) is 0 Å². The summed E-state index contributed by atoms with van der Waals surface area (Å²) in [6.45, 7) is 10.6. The van der Waals surface area contributed by atoms with E-state index in [1.165, 1.54) is 6.07 Å². The molecular weight excluding hydrogens is 361 g/mol. The van der Waals surface area contributed by atoms with E-state index >= 15 is 0 Å². The lowest BCUT2D eigenvalue weighted by Crippen LogP contribution is -2.15. The predicted molar refractivity (Wildman–Crippen MR) is 95.4 cm³/mol. The quantitative estimate of drug-likeness (QED) is 0.424. The second kappa shape index (κ2) is 9.17. The van der Waals surface area contributed by atoms with E-state index in [0.717, 1.165) is 0 Å². The molecule has 0 N–H and O–H groups in total. The molecule has 1 aromatic rings. The van der Waals surface area contributed by atoms with Crippen LogP contribution in [0.15, 0.2) is 21.6 Å². The SMILES string of the molecule is CCOC(C#Cc1c(F)cc(Br)cc1/C=N/C(C)(C)C)OCC. The highest BCUT2D eigenvalue weighted by Crippen LogP contribution is 2.20. The van der Waals surface area contributed by atoms with Gasteiger partial charge in [-0.05, 0) is 52.7 Å². The van der Waals surface area contributed by atoms with Crippen LogP contribution in [0.1, 0.15) is 45.7 Å². The second-order valence-electron chi connectivity index (χ2n) is 5.79. The number of aliphatic imine (C=N–C) groups is 1. The van der Waals surface area contributed by atoms with E-state index in [0.29, 0.717) is 23.2 Å². The Labute approximate surface area is 146 Å². The average Bonchev–Trinajstić information content (AvgIpc) is 2.43. The molecule has 126 valence electrons. The molecule has 0 aliphatic heterocycles. The Balaban J connectivity index is 3.22. The standard InChI is InChI=1S/C18H23BrFNO2/c1-6-22-17(23-7-2)9-8-15-13(12-21-18(3,4)5)10-14(19)11-16(15)20/h10-12,17H,6-7H2,1-5H3/b21-12+. The first-order valence-electron chi connectivity index (χ1n) is 7.55. The molecule has 0 bridgehead atoms. The largest absolute Gasteiger partial charge is 0.342 e. The van der Waals surface area contributed by atoms with Gasteiger partial charge in [-0.1, -0.05) is 21.9 Å². The van der Waals surface area contributed by atoms with Gasteiger partial charge in [0.1, 0.15) is 5.82 Å². The highest BCUT2D eigenvalue weighted by atomic mass is 79.9. The minimum Gasteiger partial charge on any atom is -0.342 e. The summed E-state index contributed by atoms with van der Waals surface area (Å²) in [5, 5.41) is 0. The lowest BCUT2D eigenvalue weighted by Gasteiger charge is -2.12. The summed E-state index contributed by atoms with van der Waals surface area (Å²) in [4.78, 5) is 4.43. The highest BCUT2D eigenvalue weighted by molar-refractivity contribution is 9.10. The maximum absolute atomic E-state index is 14.3. The molecule has 0 aromatic heterocycles. The van der Waals surface area contributed by atoms with Crippen LogP contribution in [0.2, 0.25) is 0 Å². The van der Waals surface area contributed by atoms with Crippen LogP contribution in [0.5, 0.6) is 0 Å². The smallest absolute Gasteiger partial charge is 0.222 e. The molecule has 0 atom stereocenters. The van der Waals surface area contributed by atoms with E-state index in [1.807, 2.05) is 34.6 Å². The molecule has 0 fully saturated rings. The zero-order valence-electron chi connectivity index (χ0n) is 14.2. The number of halogens is 2. The van der Waals surface area contributed by atoms with Gasteiger partial charge >= 0.3 is 0 Å². The zero-order valence-corrected chi connectivity index (χ0v) is 15.8. The minimum absolute atomic E-state index is 0.247. The molecule has 0 aliphatic carbocycles. The van der Waals surface area contributed by atoms with Crippen molar-refractivity contribution in [2.45, 2.75) is 46.4 Å². The van der Waals surface area contributed by atoms with Crippen molar-refractivity contribution in [1.29, 1.82) is 0 Å². The van der Waals surface area contributed by atoms with Crippen molar-refractivity contribution >= 4 is 22.1 Å². The molecule has 0 spiro atoms. The average molecular weight is 384 g/mol. The number of hydrogen-bond donors (Lipinski definition) is 0. The van der Waals surface area contributed by atoms with Gasteiger partial charge in [0.2, 0.25) is 6.29 Å². The third-order valence-electron chi connectivity index (χ3n) is 2.63. The molecular formula is C18H23BrFNO2. The second-order valence-corrected chi connectivity index (χ2v) is 6.71. The van der Waals surface area contributed by atoms with E-state index in [4.69, 9.17) is 9.47 Å². The fourth-order valence-corrected chi connectivity index (χ4v) is 2.10. The van der Waals surface area contributed by atoms with Crippen LogP contribution < -0.4 is 0 Å². The van der Waals surface area contributed by atoms with Crippen LogP contribution in [0.25, 0.3) is 0 Å².